The Morgan fingerprint density at radius 1 is 1.50 bits per heavy atom. The Morgan fingerprint density at radius 2 is 2.35 bits per heavy atom. The van der Waals surface area contributed by atoms with E-state index in [0.29, 0.717) is 12.1 Å². The fourth-order valence-corrected chi connectivity index (χ4v) is 2.62. The summed E-state index contributed by atoms with van der Waals surface area (Å²) in [6.45, 7) is 9.35. The number of pyridine rings is 1. The van der Waals surface area contributed by atoms with Crippen molar-refractivity contribution in [2.45, 2.75) is 52.1 Å². The average Bonchev–Trinajstić information content (AvgIpc) is 2.91. The Kier molecular flexibility index (Phi) is 5.65. The second-order valence-electron chi connectivity index (χ2n) is 5.73. The summed E-state index contributed by atoms with van der Waals surface area (Å²) in [5.41, 5.74) is 0. The molecule has 1 atom stereocenters. The summed E-state index contributed by atoms with van der Waals surface area (Å²) in [6, 6.07) is 5.03. The number of nitrogens with zero attached hydrogens (tertiary/aromatic N) is 2. The molecule has 4 nitrogen and oxygen atoms in total. The molecule has 2 heterocycles. The summed E-state index contributed by atoms with van der Waals surface area (Å²) in [7, 11) is 0. The molecular weight excluding hydrogens is 250 g/mol. The van der Waals surface area contributed by atoms with Crippen molar-refractivity contribution in [3.05, 3.63) is 18.3 Å². The van der Waals surface area contributed by atoms with Crippen LogP contribution in [-0.4, -0.2) is 36.8 Å². The highest BCUT2D eigenvalue weighted by Gasteiger charge is 2.27. The van der Waals surface area contributed by atoms with Gasteiger partial charge in [0.15, 0.2) is 11.6 Å². The molecule has 1 aliphatic rings. The molecule has 0 radical (unpaired) electrons. The standard InChI is InChI=1S/C16H27N3O/c1-4-11-20-15-8-5-9-17-16(15)19-10-6-7-14(19)12-18-13(2)3/h5,8-9,13-14,18H,4,6-7,10-12H2,1-3H3. The molecule has 4 heteroatoms. The van der Waals surface area contributed by atoms with Crippen molar-refractivity contribution in [2.24, 2.45) is 0 Å². The van der Waals surface area contributed by atoms with E-state index in [-0.39, 0.29) is 0 Å². The molecule has 20 heavy (non-hydrogen) atoms. The summed E-state index contributed by atoms with van der Waals surface area (Å²) in [5.74, 6) is 1.93. The van der Waals surface area contributed by atoms with E-state index in [1.54, 1.807) is 0 Å². The van der Waals surface area contributed by atoms with Crippen LogP contribution in [0.2, 0.25) is 0 Å². The molecule has 1 aromatic heterocycles. The van der Waals surface area contributed by atoms with E-state index >= 15 is 0 Å². The maximum atomic E-state index is 5.85. The number of anilines is 1. The van der Waals surface area contributed by atoms with Crippen LogP contribution in [0.15, 0.2) is 18.3 Å². The Balaban J connectivity index is 2.08. The van der Waals surface area contributed by atoms with Crippen molar-refractivity contribution >= 4 is 5.82 Å². The molecule has 1 saturated heterocycles. The lowest BCUT2D eigenvalue weighted by Crippen LogP contribution is -2.40. The Bertz CT molecular complexity index is 408. The van der Waals surface area contributed by atoms with E-state index in [4.69, 9.17) is 4.74 Å². The molecule has 112 valence electrons. The SMILES string of the molecule is CCCOc1cccnc1N1CCCC1CNC(C)C. The van der Waals surface area contributed by atoms with Crippen LogP contribution < -0.4 is 15.0 Å². The van der Waals surface area contributed by atoms with Crippen LogP contribution in [0.1, 0.15) is 40.0 Å². The zero-order chi connectivity index (χ0) is 14.4. The predicted octanol–water partition coefficient (Wildman–Crippen LogP) is 2.84. The van der Waals surface area contributed by atoms with Crippen LogP contribution in [-0.2, 0) is 0 Å². The molecule has 1 aromatic rings. The second kappa shape index (κ2) is 7.48. The summed E-state index contributed by atoms with van der Waals surface area (Å²) in [5, 5.41) is 3.54. The van der Waals surface area contributed by atoms with Gasteiger partial charge in [0.1, 0.15) is 0 Å². The first kappa shape index (κ1) is 15.1. The Labute approximate surface area is 122 Å². The second-order valence-corrected chi connectivity index (χ2v) is 5.73. The van der Waals surface area contributed by atoms with Gasteiger partial charge >= 0.3 is 0 Å². The van der Waals surface area contributed by atoms with Gasteiger partial charge in [-0.3, -0.25) is 0 Å². The van der Waals surface area contributed by atoms with E-state index in [2.05, 4.69) is 36.0 Å². The minimum absolute atomic E-state index is 0.524. The predicted molar refractivity (Wildman–Crippen MR) is 83.5 cm³/mol. The Morgan fingerprint density at radius 3 is 3.10 bits per heavy atom. The third-order valence-electron chi connectivity index (χ3n) is 3.62. The van der Waals surface area contributed by atoms with Gasteiger partial charge < -0.3 is 15.0 Å². The Hall–Kier alpha value is -1.29. The van der Waals surface area contributed by atoms with Gasteiger partial charge in [-0.2, -0.15) is 0 Å². The molecule has 1 unspecified atom stereocenters. The van der Waals surface area contributed by atoms with Crippen LogP contribution in [0, 0.1) is 0 Å². The topological polar surface area (TPSA) is 37.4 Å². The largest absolute Gasteiger partial charge is 0.490 e. The van der Waals surface area contributed by atoms with Gasteiger partial charge in [0, 0.05) is 31.4 Å². The summed E-state index contributed by atoms with van der Waals surface area (Å²) < 4.78 is 5.85. The number of ether oxygens (including phenoxy) is 1. The van der Waals surface area contributed by atoms with Gasteiger partial charge in [0.05, 0.1) is 6.61 Å². The van der Waals surface area contributed by atoms with E-state index in [0.717, 1.165) is 37.7 Å². The molecule has 0 saturated carbocycles. The van der Waals surface area contributed by atoms with Crippen LogP contribution in [0.5, 0.6) is 5.75 Å². The monoisotopic (exact) mass is 277 g/mol. The van der Waals surface area contributed by atoms with Crippen molar-refractivity contribution in [3.8, 4) is 5.75 Å². The van der Waals surface area contributed by atoms with Gasteiger partial charge in [-0.05, 0) is 31.4 Å². The summed E-state index contributed by atoms with van der Waals surface area (Å²) in [4.78, 5) is 6.97. The van der Waals surface area contributed by atoms with Gasteiger partial charge in [-0.15, -0.1) is 0 Å². The molecule has 2 rings (SSSR count). The number of hydrogen-bond acceptors (Lipinski definition) is 4. The molecule has 0 aromatic carbocycles. The quantitative estimate of drug-likeness (QED) is 0.831. The lowest BCUT2D eigenvalue weighted by molar-refractivity contribution is 0.316. The molecule has 0 bridgehead atoms. The van der Waals surface area contributed by atoms with Crippen molar-refractivity contribution in [1.82, 2.24) is 10.3 Å². The van der Waals surface area contributed by atoms with Gasteiger partial charge in [0.25, 0.3) is 0 Å². The van der Waals surface area contributed by atoms with E-state index in [9.17, 15) is 0 Å². The summed E-state index contributed by atoms with van der Waals surface area (Å²) in [6.07, 6.45) is 5.34. The molecule has 1 fully saturated rings. The highest BCUT2D eigenvalue weighted by Crippen LogP contribution is 2.31. The zero-order valence-electron chi connectivity index (χ0n) is 12.9. The lowest BCUT2D eigenvalue weighted by Gasteiger charge is -2.28. The van der Waals surface area contributed by atoms with Crippen molar-refractivity contribution in [3.63, 3.8) is 0 Å². The van der Waals surface area contributed by atoms with E-state index < -0.39 is 0 Å². The fraction of sp³-hybridized carbons (Fsp3) is 0.688. The third-order valence-corrected chi connectivity index (χ3v) is 3.62. The van der Waals surface area contributed by atoms with Crippen molar-refractivity contribution in [1.29, 1.82) is 0 Å². The van der Waals surface area contributed by atoms with Gasteiger partial charge in [0.2, 0.25) is 0 Å². The summed E-state index contributed by atoms with van der Waals surface area (Å²) >= 11 is 0. The van der Waals surface area contributed by atoms with Crippen LogP contribution in [0.25, 0.3) is 0 Å². The van der Waals surface area contributed by atoms with Crippen molar-refractivity contribution < 1.29 is 4.74 Å². The lowest BCUT2D eigenvalue weighted by atomic mass is 10.2. The molecular formula is C16H27N3O. The first-order valence-electron chi connectivity index (χ1n) is 7.80. The normalized spacial score (nSPS) is 18.8. The zero-order valence-corrected chi connectivity index (χ0v) is 12.9. The minimum Gasteiger partial charge on any atom is -0.490 e. The van der Waals surface area contributed by atoms with Crippen LogP contribution in [0.3, 0.4) is 0 Å². The first-order valence-corrected chi connectivity index (χ1v) is 7.80. The average molecular weight is 277 g/mol. The number of nitrogens with one attached hydrogen (secondary N) is 1. The molecule has 1 aliphatic heterocycles. The van der Waals surface area contributed by atoms with Gasteiger partial charge in [-0.1, -0.05) is 20.8 Å². The van der Waals surface area contributed by atoms with E-state index in [1.807, 2.05) is 18.3 Å². The third kappa shape index (κ3) is 3.85. The highest BCUT2D eigenvalue weighted by atomic mass is 16.5. The fourth-order valence-electron chi connectivity index (χ4n) is 2.62. The van der Waals surface area contributed by atoms with Gasteiger partial charge in [-0.25, -0.2) is 4.98 Å². The van der Waals surface area contributed by atoms with Crippen LogP contribution in [0.4, 0.5) is 5.82 Å². The number of rotatable bonds is 7. The number of aromatic nitrogens is 1. The molecule has 1 N–H and O–H groups in total. The van der Waals surface area contributed by atoms with Crippen LogP contribution >= 0.6 is 0 Å². The van der Waals surface area contributed by atoms with E-state index in [1.165, 1.54) is 12.8 Å². The first-order chi connectivity index (χ1) is 9.72. The molecule has 0 spiro atoms. The highest BCUT2D eigenvalue weighted by molar-refractivity contribution is 5.53. The van der Waals surface area contributed by atoms with Crippen molar-refractivity contribution in [2.75, 3.05) is 24.6 Å². The number of hydrogen-bond donors (Lipinski definition) is 1. The molecule has 0 amide bonds. The maximum absolute atomic E-state index is 5.85. The smallest absolute Gasteiger partial charge is 0.171 e. The molecule has 0 aliphatic carbocycles. The minimum atomic E-state index is 0.524. The maximum Gasteiger partial charge on any atom is 0.171 e.